The number of hydrogen-bond donors (Lipinski definition) is 1. The molecule has 1 rings (SSSR count). The summed E-state index contributed by atoms with van der Waals surface area (Å²) in [4.78, 5) is 0. The molecule has 1 heterocycles. The van der Waals surface area contributed by atoms with Crippen molar-refractivity contribution in [2.45, 2.75) is 59.6 Å². The fourth-order valence-corrected chi connectivity index (χ4v) is 2.12. The molecule has 1 N–H and O–H groups in total. The molecule has 0 fully saturated rings. The highest BCUT2D eigenvalue weighted by Gasteiger charge is 2.09. The summed E-state index contributed by atoms with van der Waals surface area (Å²) in [6.07, 6.45) is 6.81. The van der Waals surface area contributed by atoms with Crippen LogP contribution in [-0.2, 0) is 17.9 Å². The van der Waals surface area contributed by atoms with Crippen molar-refractivity contribution in [3.05, 3.63) is 23.7 Å². The Morgan fingerprint density at radius 1 is 1.32 bits per heavy atom. The fraction of sp³-hybridized carbons (Fsp3) is 0.750. The maximum atomic E-state index is 5.86. The Hall–Kier alpha value is -0.800. The van der Waals surface area contributed by atoms with Crippen molar-refractivity contribution in [2.75, 3.05) is 13.2 Å². The molecule has 0 spiro atoms. The summed E-state index contributed by atoms with van der Waals surface area (Å²) in [6, 6.07) is 2.01. The van der Waals surface area contributed by atoms with Crippen LogP contribution in [0.5, 0.6) is 0 Å². The summed E-state index contributed by atoms with van der Waals surface area (Å²) in [5, 5.41) is 3.28. The van der Waals surface area contributed by atoms with Gasteiger partial charge in [-0.3, -0.25) is 0 Å². The van der Waals surface area contributed by atoms with Gasteiger partial charge in [-0.2, -0.15) is 0 Å². The van der Waals surface area contributed by atoms with Crippen LogP contribution in [0.25, 0.3) is 0 Å². The predicted octanol–water partition coefficient (Wildman–Crippen LogP) is 4.12. The van der Waals surface area contributed by atoms with Crippen molar-refractivity contribution in [3.63, 3.8) is 0 Å². The first kappa shape index (κ1) is 16.3. The first-order valence-corrected chi connectivity index (χ1v) is 7.65. The third-order valence-corrected chi connectivity index (χ3v) is 3.53. The van der Waals surface area contributed by atoms with Crippen LogP contribution in [0.1, 0.15) is 57.8 Å². The Morgan fingerprint density at radius 3 is 2.84 bits per heavy atom. The van der Waals surface area contributed by atoms with E-state index in [0.29, 0.717) is 12.5 Å². The predicted molar refractivity (Wildman–Crippen MR) is 79.1 cm³/mol. The zero-order valence-corrected chi connectivity index (χ0v) is 12.7. The fourth-order valence-electron chi connectivity index (χ4n) is 2.12. The van der Waals surface area contributed by atoms with E-state index >= 15 is 0 Å². The number of rotatable bonds is 11. The summed E-state index contributed by atoms with van der Waals surface area (Å²) >= 11 is 0. The van der Waals surface area contributed by atoms with Gasteiger partial charge in [-0.25, -0.2) is 0 Å². The Labute approximate surface area is 117 Å². The van der Waals surface area contributed by atoms with Crippen LogP contribution < -0.4 is 5.32 Å². The molecule has 3 heteroatoms. The maximum absolute atomic E-state index is 5.86. The molecule has 0 aromatic carbocycles. The van der Waals surface area contributed by atoms with Gasteiger partial charge in [0.1, 0.15) is 5.76 Å². The lowest BCUT2D eigenvalue weighted by atomic mass is 10.0. The molecular weight excluding hydrogens is 238 g/mol. The third-order valence-electron chi connectivity index (χ3n) is 3.53. The van der Waals surface area contributed by atoms with Crippen LogP contribution in [0.2, 0.25) is 0 Å². The van der Waals surface area contributed by atoms with E-state index < -0.39 is 0 Å². The molecule has 0 radical (unpaired) electrons. The minimum Gasteiger partial charge on any atom is -0.468 e. The summed E-state index contributed by atoms with van der Waals surface area (Å²) in [5.41, 5.74) is 1.17. The standard InChI is InChI=1S/C16H29NO2/c1-4-7-8-14(5-2)12-18-13-15-9-10-19-16(15)11-17-6-3/h9-10,14,17H,4-8,11-13H2,1-3H3. The van der Waals surface area contributed by atoms with Gasteiger partial charge in [-0.1, -0.05) is 40.0 Å². The number of unbranched alkanes of at least 4 members (excludes halogenated alkanes) is 1. The minimum atomic E-state index is 0.667. The van der Waals surface area contributed by atoms with E-state index in [1.807, 2.05) is 6.07 Å². The molecule has 1 aromatic heterocycles. The molecule has 0 amide bonds. The monoisotopic (exact) mass is 267 g/mol. The van der Waals surface area contributed by atoms with Crippen molar-refractivity contribution >= 4 is 0 Å². The van der Waals surface area contributed by atoms with Gasteiger partial charge in [0.15, 0.2) is 0 Å². The van der Waals surface area contributed by atoms with E-state index in [1.54, 1.807) is 6.26 Å². The van der Waals surface area contributed by atoms with Gasteiger partial charge in [0.2, 0.25) is 0 Å². The first-order valence-electron chi connectivity index (χ1n) is 7.65. The smallest absolute Gasteiger partial charge is 0.123 e. The molecule has 1 unspecified atom stereocenters. The molecule has 1 aromatic rings. The van der Waals surface area contributed by atoms with Crippen molar-refractivity contribution < 1.29 is 9.15 Å². The largest absolute Gasteiger partial charge is 0.468 e. The SMILES string of the molecule is CCCCC(CC)COCc1ccoc1CNCC. The van der Waals surface area contributed by atoms with Gasteiger partial charge < -0.3 is 14.5 Å². The molecule has 0 aliphatic rings. The highest BCUT2D eigenvalue weighted by Crippen LogP contribution is 2.16. The molecular formula is C16H29NO2. The first-order chi connectivity index (χ1) is 9.31. The highest BCUT2D eigenvalue weighted by molar-refractivity contribution is 5.15. The van der Waals surface area contributed by atoms with Gasteiger partial charge in [0.05, 0.1) is 19.4 Å². The summed E-state index contributed by atoms with van der Waals surface area (Å²) in [7, 11) is 0. The lowest BCUT2D eigenvalue weighted by Crippen LogP contribution is -2.13. The zero-order chi connectivity index (χ0) is 13.9. The molecule has 0 saturated carbocycles. The molecule has 0 bridgehead atoms. The van der Waals surface area contributed by atoms with Crippen molar-refractivity contribution in [3.8, 4) is 0 Å². The lowest BCUT2D eigenvalue weighted by molar-refractivity contribution is 0.0810. The van der Waals surface area contributed by atoms with Crippen molar-refractivity contribution in [1.82, 2.24) is 5.32 Å². The Balaban J connectivity index is 2.29. The van der Waals surface area contributed by atoms with Gasteiger partial charge >= 0.3 is 0 Å². The number of furan rings is 1. The van der Waals surface area contributed by atoms with E-state index in [2.05, 4.69) is 26.1 Å². The number of ether oxygens (including phenoxy) is 1. The topological polar surface area (TPSA) is 34.4 Å². The average molecular weight is 267 g/mol. The van der Waals surface area contributed by atoms with Gasteiger partial charge in [0.25, 0.3) is 0 Å². The van der Waals surface area contributed by atoms with Gasteiger partial charge in [-0.15, -0.1) is 0 Å². The summed E-state index contributed by atoms with van der Waals surface area (Å²) in [5.74, 6) is 1.70. The van der Waals surface area contributed by atoms with E-state index in [1.165, 1.54) is 31.2 Å². The minimum absolute atomic E-state index is 0.667. The van der Waals surface area contributed by atoms with E-state index in [4.69, 9.17) is 9.15 Å². The zero-order valence-electron chi connectivity index (χ0n) is 12.7. The van der Waals surface area contributed by atoms with Crippen LogP contribution in [0.15, 0.2) is 16.7 Å². The molecule has 0 aliphatic carbocycles. The number of hydrogen-bond acceptors (Lipinski definition) is 3. The van der Waals surface area contributed by atoms with E-state index in [-0.39, 0.29) is 0 Å². The highest BCUT2D eigenvalue weighted by atomic mass is 16.5. The van der Waals surface area contributed by atoms with E-state index in [0.717, 1.165) is 25.5 Å². The van der Waals surface area contributed by atoms with Crippen LogP contribution in [0, 0.1) is 5.92 Å². The van der Waals surface area contributed by atoms with Crippen LogP contribution in [0.3, 0.4) is 0 Å². The van der Waals surface area contributed by atoms with Gasteiger partial charge in [-0.05, 0) is 24.9 Å². The third kappa shape index (κ3) is 6.26. The maximum Gasteiger partial charge on any atom is 0.123 e. The molecule has 0 saturated heterocycles. The second-order valence-corrected chi connectivity index (χ2v) is 5.08. The second kappa shape index (κ2) is 10.0. The van der Waals surface area contributed by atoms with Crippen LogP contribution in [-0.4, -0.2) is 13.2 Å². The molecule has 1 atom stereocenters. The molecule has 110 valence electrons. The molecule has 19 heavy (non-hydrogen) atoms. The van der Waals surface area contributed by atoms with Gasteiger partial charge in [0, 0.05) is 12.2 Å². The van der Waals surface area contributed by atoms with Crippen LogP contribution >= 0.6 is 0 Å². The average Bonchev–Trinajstić information content (AvgIpc) is 2.87. The molecule has 3 nitrogen and oxygen atoms in total. The second-order valence-electron chi connectivity index (χ2n) is 5.08. The Bertz CT molecular complexity index is 322. The van der Waals surface area contributed by atoms with Crippen molar-refractivity contribution in [2.24, 2.45) is 5.92 Å². The normalized spacial score (nSPS) is 12.8. The Kier molecular flexibility index (Phi) is 8.59. The lowest BCUT2D eigenvalue weighted by Gasteiger charge is -2.14. The summed E-state index contributed by atoms with van der Waals surface area (Å²) in [6.45, 7) is 9.86. The van der Waals surface area contributed by atoms with Crippen molar-refractivity contribution in [1.29, 1.82) is 0 Å². The quantitative estimate of drug-likeness (QED) is 0.655. The number of nitrogens with one attached hydrogen (secondary N) is 1. The summed E-state index contributed by atoms with van der Waals surface area (Å²) < 4.78 is 11.3. The Morgan fingerprint density at radius 2 is 2.16 bits per heavy atom. The van der Waals surface area contributed by atoms with Crippen LogP contribution in [0.4, 0.5) is 0 Å². The molecule has 0 aliphatic heterocycles. The van der Waals surface area contributed by atoms with E-state index in [9.17, 15) is 0 Å².